The highest BCUT2D eigenvalue weighted by Gasteiger charge is 2.22. The molecule has 0 radical (unpaired) electrons. The van der Waals surface area contributed by atoms with Crippen molar-refractivity contribution in [3.63, 3.8) is 0 Å². The second-order valence-corrected chi connectivity index (χ2v) is 6.50. The summed E-state index contributed by atoms with van der Waals surface area (Å²) in [5.74, 6) is -0.0208. The van der Waals surface area contributed by atoms with Gasteiger partial charge in [-0.3, -0.25) is 14.6 Å². The van der Waals surface area contributed by atoms with E-state index in [0.29, 0.717) is 23.5 Å². The molecule has 2 aromatic heterocycles. The molecule has 0 fully saturated rings. The molecule has 0 saturated carbocycles. The van der Waals surface area contributed by atoms with Gasteiger partial charge in [-0.15, -0.1) is 0 Å². The van der Waals surface area contributed by atoms with Crippen LogP contribution in [0.1, 0.15) is 24.8 Å². The summed E-state index contributed by atoms with van der Waals surface area (Å²) in [5, 5.41) is 2.66. The largest absolute Gasteiger partial charge is 0.325 e. The number of nitrogens with one attached hydrogen (secondary N) is 3. The zero-order valence-corrected chi connectivity index (χ0v) is 14.6. The predicted molar refractivity (Wildman–Crippen MR) is 102 cm³/mol. The number of amides is 2. The zero-order valence-electron chi connectivity index (χ0n) is 14.6. The molecule has 138 valence electrons. The smallest absolute Gasteiger partial charge is 0.312 e. The summed E-state index contributed by atoms with van der Waals surface area (Å²) in [6.45, 7) is 0.677. The number of pyridine rings is 1. The first kappa shape index (κ1) is 17.0. The Balaban J connectivity index is 1.37. The molecule has 1 aliphatic rings. The molecule has 0 spiro atoms. The number of rotatable bonds is 4. The molecule has 0 unspecified atom stereocenters. The van der Waals surface area contributed by atoms with E-state index in [9.17, 15) is 14.4 Å². The molecule has 8 nitrogen and oxygen atoms in total. The highest BCUT2D eigenvalue weighted by atomic mass is 16.2. The number of hydrogen-bond acceptors (Lipinski definition) is 4. The minimum atomic E-state index is -0.353. The molecule has 4 rings (SSSR count). The van der Waals surface area contributed by atoms with Gasteiger partial charge in [-0.1, -0.05) is 18.2 Å². The molecule has 0 atom stereocenters. The van der Waals surface area contributed by atoms with Crippen LogP contribution in [0.2, 0.25) is 0 Å². The quantitative estimate of drug-likeness (QED) is 0.656. The molecule has 8 heteroatoms. The minimum absolute atomic E-state index is 0.0596. The van der Waals surface area contributed by atoms with E-state index in [1.165, 1.54) is 5.56 Å². The third-order valence-electron chi connectivity index (χ3n) is 4.62. The van der Waals surface area contributed by atoms with Gasteiger partial charge in [-0.25, -0.2) is 9.78 Å². The molecule has 0 bridgehead atoms. The molecule has 3 N–H and O–H groups in total. The average Bonchev–Trinajstić information content (AvgIpc) is 3.05. The van der Waals surface area contributed by atoms with Crippen molar-refractivity contribution in [2.75, 3.05) is 16.8 Å². The number of hydrogen-bond donors (Lipinski definition) is 3. The van der Waals surface area contributed by atoms with E-state index in [4.69, 9.17) is 0 Å². The first-order chi connectivity index (χ1) is 13.1. The van der Waals surface area contributed by atoms with E-state index in [2.05, 4.69) is 20.3 Å². The lowest BCUT2D eigenvalue weighted by Gasteiger charge is -2.29. The van der Waals surface area contributed by atoms with Crippen molar-refractivity contribution in [2.24, 2.45) is 0 Å². The summed E-state index contributed by atoms with van der Waals surface area (Å²) >= 11 is 0. The van der Waals surface area contributed by atoms with Crippen molar-refractivity contribution in [3.05, 3.63) is 52.4 Å². The molecule has 2 amide bonds. The maximum absolute atomic E-state index is 12.6. The van der Waals surface area contributed by atoms with Gasteiger partial charge in [-0.05, 0) is 36.6 Å². The maximum Gasteiger partial charge on any atom is 0.325 e. The van der Waals surface area contributed by atoms with Gasteiger partial charge in [0.15, 0.2) is 5.65 Å². The number of aromatic amines is 2. The first-order valence-electron chi connectivity index (χ1n) is 8.87. The molecule has 3 aromatic rings. The predicted octanol–water partition coefficient (Wildman–Crippen LogP) is 1.95. The number of aryl methyl sites for hydroxylation is 1. The van der Waals surface area contributed by atoms with Gasteiger partial charge in [0.25, 0.3) is 0 Å². The Labute approximate surface area is 154 Å². The second kappa shape index (κ2) is 7.06. The maximum atomic E-state index is 12.6. The fourth-order valence-corrected chi connectivity index (χ4v) is 3.34. The van der Waals surface area contributed by atoms with E-state index in [0.717, 1.165) is 18.5 Å². The van der Waals surface area contributed by atoms with Crippen molar-refractivity contribution < 1.29 is 9.59 Å². The van der Waals surface area contributed by atoms with Crippen molar-refractivity contribution in [1.82, 2.24) is 15.0 Å². The van der Waals surface area contributed by atoms with E-state index >= 15 is 0 Å². The Morgan fingerprint density at radius 1 is 1.11 bits per heavy atom. The van der Waals surface area contributed by atoms with Gasteiger partial charge in [0.05, 0.1) is 5.52 Å². The Kier molecular flexibility index (Phi) is 4.45. The second-order valence-electron chi connectivity index (χ2n) is 6.50. The fraction of sp³-hybridized carbons (Fsp3) is 0.263. The standard InChI is InChI=1S/C19H19N5O3/c25-16(21-15-8-7-13-18(22-15)23-19(27)20-13)9-10-17(26)24-11-3-5-12-4-1-2-6-14(12)24/h1-2,4,6-8H,3,5,9-11H2,(H3,20,21,22,23,25,27). The number of nitrogens with zero attached hydrogens (tertiary/aromatic N) is 2. The molecular weight excluding hydrogens is 346 g/mol. The number of H-pyrrole nitrogens is 2. The van der Waals surface area contributed by atoms with Gasteiger partial charge in [0.1, 0.15) is 5.82 Å². The SMILES string of the molecule is O=C(CCC(=O)N1CCCc2ccccc21)Nc1ccc2[nH]c(=O)[nH]c2n1. The normalized spacial score (nSPS) is 13.4. The zero-order chi connectivity index (χ0) is 18.8. The van der Waals surface area contributed by atoms with Crippen LogP contribution in [0.3, 0.4) is 0 Å². The summed E-state index contributed by atoms with van der Waals surface area (Å²) in [5.41, 5.74) is 2.70. The third-order valence-corrected chi connectivity index (χ3v) is 4.62. The van der Waals surface area contributed by atoms with Crippen molar-refractivity contribution in [2.45, 2.75) is 25.7 Å². The lowest BCUT2D eigenvalue weighted by Crippen LogP contribution is -2.35. The van der Waals surface area contributed by atoms with Crippen LogP contribution in [0, 0.1) is 0 Å². The third kappa shape index (κ3) is 3.59. The van der Waals surface area contributed by atoms with Crippen LogP contribution in [0.15, 0.2) is 41.2 Å². The van der Waals surface area contributed by atoms with Crippen molar-refractivity contribution in [1.29, 1.82) is 0 Å². The van der Waals surface area contributed by atoms with Gasteiger partial charge in [-0.2, -0.15) is 0 Å². The molecule has 1 aliphatic heterocycles. The molecule has 1 aromatic carbocycles. The number of fused-ring (bicyclic) bond motifs is 2. The Morgan fingerprint density at radius 3 is 2.85 bits per heavy atom. The molecule has 3 heterocycles. The lowest BCUT2D eigenvalue weighted by atomic mass is 10.0. The van der Waals surface area contributed by atoms with Gasteiger partial charge < -0.3 is 15.2 Å². The van der Waals surface area contributed by atoms with Crippen LogP contribution in [0.5, 0.6) is 0 Å². The summed E-state index contributed by atoms with van der Waals surface area (Å²) in [6, 6.07) is 11.1. The summed E-state index contributed by atoms with van der Waals surface area (Å²) in [4.78, 5) is 47.1. The molecular formula is C19H19N5O3. The van der Waals surface area contributed by atoms with Crippen LogP contribution in [0.4, 0.5) is 11.5 Å². The number of carbonyl (C=O) groups is 2. The summed E-state index contributed by atoms with van der Waals surface area (Å²) in [6.07, 6.45) is 2.09. The lowest BCUT2D eigenvalue weighted by molar-refractivity contribution is -0.122. The summed E-state index contributed by atoms with van der Waals surface area (Å²) in [7, 11) is 0. The highest BCUT2D eigenvalue weighted by Crippen LogP contribution is 2.27. The minimum Gasteiger partial charge on any atom is -0.312 e. The molecule has 0 saturated heterocycles. The van der Waals surface area contributed by atoms with Gasteiger partial charge in [0.2, 0.25) is 11.8 Å². The number of aromatic nitrogens is 3. The number of imidazole rings is 1. The van der Waals surface area contributed by atoms with Gasteiger partial charge >= 0.3 is 5.69 Å². The number of para-hydroxylation sites is 1. The molecule has 27 heavy (non-hydrogen) atoms. The van der Waals surface area contributed by atoms with E-state index < -0.39 is 0 Å². The van der Waals surface area contributed by atoms with Crippen molar-refractivity contribution in [3.8, 4) is 0 Å². The summed E-state index contributed by atoms with van der Waals surface area (Å²) < 4.78 is 0. The van der Waals surface area contributed by atoms with E-state index in [1.807, 2.05) is 24.3 Å². The van der Waals surface area contributed by atoms with Crippen molar-refractivity contribution >= 4 is 34.5 Å². The Morgan fingerprint density at radius 2 is 1.96 bits per heavy atom. The van der Waals surface area contributed by atoms with Crippen LogP contribution < -0.4 is 15.9 Å². The number of anilines is 2. The number of carbonyl (C=O) groups excluding carboxylic acids is 2. The topological polar surface area (TPSA) is 111 Å². The Bertz CT molecular complexity index is 1070. The fourth-order valence-electron chi connectivity index (χ4n) is 3.34. The van der Waals surface area contributed by atoms with Crippen LogP contribution in [0.25, 0.3) is 11.2 Å². The first-order valence-corrected chi connectivity index (χ1v) is 8.87. The highest BCUT2D eigenvalue weighted by molar-refractivity contribution is 5.98. The van der Waals surface area contributed by atoms with Crippen LogP contribution in [-0.2, 0) is 16.0 Å². The van der Waals surface area contributed by atoms with Gasteiger partial charge in [0, 0.05) is 25.1 Å². The number of benzene rings is 1. The monoisotopic (exact) mass is 365 g/mol. The van der Waals surface area contributed by atoms with E-state index in [-0.39, 0.29) is 30.3 Å². The average molecular weight is 365 g/mol. The molecule has 0 aliphatic carbocycles. The van der Waals surface area contributed by atoms with E-state index in [1.54, 1.807) is 17.0 Å². The van der Waals surface area contributed by atoms with Crippen LogP contribution >= 0.6 is 0 Å². The van der Waals surface area contributed by atoms with Crippen LogP contribution in [-0.4, -0.2) is 33.3 Å². The Hall–Kier alpha value is -3.42.